The van der Waals surface area contributed by atoms with Gasteiger partial charge >= 0.3 is 0 Å². The summed E-state index contributed by atoms with van der Waals surface area (Å²) in [6, 6.07) is 4.06. The van der Waals surface area contributed by atoms with Gasteiger partial charge in [0.15, 0.2) is 0 Å². The van der Waals surface area contributed by atoms with E-state index >= 15 is 0 Å². The number of nitrogens with one attached hydrogen (secondary N) is 2. The van der Waals surface area contributed by atoms with E-state index in [1.165, 1.54) is 30.6 Å². The van der Waals surface area contributed by atoms with Crippen LogP contribution in [0.3, 0.4) is 0 Å². The van der Waals surface area contributed by atoms with E-state index in [1.54, 1.807) is 11.7 Å². The van der Waals surface area contributed by atoms with Crippen LogP contribution in [0.4, 0.5) is 0 Å². The van der Waals surface area contributed by atoms with Crippen LogP contribution < -0.4 is 5.32 Å². The Morgan fingerprint density at radius 1 is 1.30 bits per heavy atom. The quantitative estimate of drug-likeness (QED) is 0.770. The van der Waals surface area contributed by atoms with E-state index in [9.17, 15) is 4.79 Å². The zero-order valence-electron chi connectivity index (χ0n) is 12.7. The van der Waals surface area contributed by atoms with Gasteiger partial charge in [0.1, 0.15) is 0 Å². The number of fused-ring (bicyclic) bond motifs is 1. The van der Waals surface area contributed by atoms with Crippen LogP contribution >= 0.6 is 11.3 Å². The zero-order chi connectivity index (χ0) is 15.6. The Morgan fingerprint density at radius 2 is 2.17 bits per heavy atom. The van der Waals surface area contributed by atoms with Gasteiger partial charge in [0, 0.05) is 18.4 Å². The molecule has 3 heterocycles. The minimum absolute atomic E-state index is 0.0162. The third-order valence-corrected chi connectivity index (χ3v) is 5.18. The molecule has 3 aromatic heterocycles. The Kier molecular flexibility index (Phi) is 3.83. The van der Waals surface area contributed by atoms with Crippen molar-refractivity contribution in [2.24, 2.45) is 0 Å². The number of aromatic amines is 1. The number of hydrogen-bond acceptors (Lipinski definition) is 4. The molecule has 0 unspecified atom stereocenters. The molecule has 1 aliphatic rings. The highest BCUT2D eigenvalue weighted by atomic mass is 32.1. The predicted octanol–water partition coefficient (Wildman–Crippen LogP) is 3.75. The smallest absolute Gasteiger partial charge is 0.253 e. The molecule has 0 bridgehead atoms. The molecule has 0 spiro atoms. The fourth-order valence-electron chi connectivity index (χ4n) is 3.20. The van der Waals surface area contributed by atoms with Gasteiger partial charge in [-0.25, -0.2) is 4.98 Å². The largest absolute Gasteiger partial charge is 0.359 e. The van der Waals surface area contributed by atoms with Gasteiger partial charge in [-0.1, -0.05) is 19.3 Å². The number of nitrogens with zero attached hydrogens (tertiary/aromatic N) is 2. The summed E-state index contributed by atoms with van der Waals surface area (Å²) >= 11 is 1.53. The van der Waals surface area contributed by atoms with Crippen LogP contribution in [0.25, 0.3) is 21.6 Å². The highest BCUT2D eigenvalue weighted by molar-refractivity contribution is 7.13. The van der Waals surface area contributed by atoms with Crippen LogP contribution in [-0.2, 0) is 0 Å². The average Bonchev–Trinajstić information content (AvgIpc) is 3.26. The van der Waals surface area contributed by atoms with Gasteiger partial charge in [-0.3, -0.25) is 9.78 Å². The Labute approximate surface area is 138 Å². The molecule has 3 aromatic rings. The molecular weight excluding hydrogens is 308 g/mol. The molecule has 0 aromatic carbocycles. The van der Waals surface area contributed by atoms with Crippen LogP contribution in [0.2, 0.25) is 0 Å². The number of amides is 1. The van der Waals surface area contributed by atoms with E-state index in [0.29, 0.717) is 11.6 Å². The average molecular weight is 326 g/mol. The highest BCUT2D eigenvalue weighted by Crippen LogP contribution is 2.27. The van der Waals surface area contributed by atoms with Crippen LogP contribution in [0.15, 0.2) is 30.0 Å². The normalized spacial score (nSPS) is 15.8. The molecule has 0 saturated heterocycles. The van der Waals surface area contributed by atoms with Gasteiger partial charge in [-0.15, -0.1) is 11.3 Å². The van der Waals surface area contributed by atoms with Crippen LogP contribution in [0.1, 0.15) is 42.5 Å². The van der Waals surface area contributed by atoms with E-state index < -0.39 is 0 Å². The summed E-state index contributed by atoms with van der Waals surface area (Å²) in [7, 11) is 0. The number of rotatable bonds is 3. The van der Waals surface area contributed by atoms with Crippen molar-refractivity contribution in [3.05, 3.63) is 35.6 Å². The summed E-state index contributed by atoms with van der Waals surface area (Å²) in [4.78, 5) is 25.6. The fraction of sp³-hybridized carbons (Fsp3) is 0.353. The van der Waals surface area contributed by atoms with Crippen molar-refractivity contribution < 1.29 is 4.79 Å². The maximum Gasteiger partial charge on any atom is 0.253 e. The maximum atomic E-state index is 12.8. The third-order valence-electron chi connectivity index (χ3n) is 4.39. The first-order chi connectivity index (χ1) is 11.3. The first-order valence-corrected chi connectivity index (χ1v) is 8.87. The van der Waals surface area contributed by atoms with E-state index in [0.717, 1.165) is 34.4 Å². The highest BCUT2D eigenvalue weighted by Gasteiger charge is 2.20. The number of carbonyl (C=O) groups excluding carboxylic acids is 1. The summed E-state index contributed by atoms with van der Waals surface area (Å²) < 4.78 is 0. The molecule has 0 radical (unpaired) electrons. The van der Waals surface area contributed by atoms with Gasteiger partial charge in [0.2, 0.25) is 0 Å². The molecular formula is C17H18N4OS. The van der Waals surface area contributed by atoms with Gasteiger partial charge in [-0.05, 0) is 25.0 Å². The van der Waals surface area contributed by atoms with Crippen molar-refractivity contribution >= 4 is 28.3 Å². The number of thiazole rings is 1. The standard InChI is InChI=1S/C17H18N4OS/c22-17(20-11-4-2-1-3-5-11)12-8-14(15-9-18-10-23-15)21-13-6-7-19-16(12)13/h6-11,19H,1-5H2,(H,20,22). The van der Waals surface area contributed by atoms with E-state index in [4.69, 9.17) is 0 Å². The second-order valence-electron chi connectivity index (χ2n) is 5.97. The van der Waals surface area contributed by atoms with Crippen LogP contribution in [0.5, 0.6) is 0 Å². The molecule has 118 valence electrons. The van der Waals surface area contributed by atoms with Gasteiger partial charge < -0.3 is 10.3 Å². The summed E-state index contributed by atoms with van der Waals surface area (Å²) in [5.41, 5.74) is 4.85. The minimum atomic E-state index is -0.0162. The number of aromatic nitrogens is 3. The summed E-state index contributed by atoms with van der Waals surface area (Å²) in [5, 5.41) is 3.19. The van der Waals surface area contributed by atoms with Crippen molar-refractivity contribution in [1.82, 2.24) is 20.3 Å². The topological polar surface area (TPSA) is 70.7 Å². The zero-order valence-corrected chi connectivity index (χ0v) is 13.5. The lowest BCUT2D eigenvalue weighted by Crippen LogP contribution is -2.36. The number of carbonyl (C=O) groups is 1. The second-order valence-corrected chi connectivity index (χ2v) is 6.85. The molecule has 6 heteroatoms. The van der Waals surface area contributed by atoms with Crippen LogP contribution in [-0.4, -0.2) is 26.9 Å². The van der Waals surface area contributed by atoms with E-state index in [2.05, 4.69) is 20.3 Å². The fourth-order valence-corrected chi connectivity index (χ4v) is 3.78. The Bertz CT molecular complexity index is 818. The lowest BCUT2D eigenvalue weighted by atomic mass is 9.95. The Hall–Kier alpha value is -2.21. The Balaban J connectivity index is 1.69. The minimum Gasteiger partial charge on any atom is -0.359 e. The molecule has 1 aliphatic carbocycles. The lowest BCUT2D eigenvalue weighted by molar-refractivity contribution is 0.0929. The molecule has 1 fully saturated rings. The molecule has 5 nitrogen and oxygen atoms in total. The predicted molar refractivity (Wildman–Crippen MR) is 91.5 cm³/mol. The molecule has 0 atom stereocenters. The molecule has 1 amide bonds. The SMILES string of the molecule is O=C(NC1CCCCC1)c1cc(-c2cncs2)nc2cc[nH]c12. The van der Waals surface area contributed by atoms with Crippen molar-refractivity contribution in [3.8, 4) is 10.6 Å². The maximum absolute atomic E-state index is 12.8. The summed E-state index contributed by atoms with van der Waals surface area (Å²) in [6.45, 7) is 0. The van der Waals surface area contributed by atoms with E-state index in [-0.39, 0.29) is 5.91 Å². The second kappa shape index (κ2) is 6.12. The number of pyridine rings is 1. The lowest BCUT2D eigenvalue weighted by Gasteiger charge is -2.23. The van der Waals surface area contributed by atoms with Gasteiger partial charge in [0.05, 0.1) is 32.7 Å². The van der Waals surface area contributed by atoms with Crippen molar-refractivity contribution in [2.45, 2.75) is 38.1 Å². The molecule has 0 aliphatic heterocycles. The summed E-state index contributed by atoms with van der Waals surface area (Å²) in [5.74, 6) is -0.0162. The van der Waals surface area contributed by atoms with Gasteiger partial charge in [-0.2, -0.15) is 0 Å². The molecule has 4 rings (SSSR count). The van der Waals surface area contributed by atoms with Crippen molar-refractivity contribution in [1.29, 1.82) is 0 Å². The van der Waals surface area contributed by atoms with E-state index in [1.807, 2.05) is 18.3 Å². The van der Waals surface area contributed by atoms with Crippen molar-refractivity contribution in [2.75, 3.05) is 0 Å². The Morgan fingerprint density at radius 3 is 2.96 bits per heavy atom. The molecule has 2 N–H and O–H groups in total. The summed E-state index contributed by atoms with van der Waals surface area (Å²) in [6.07, 6.45) is 9.44. The third kappa shape index (κ3) is 2.86. The number of H-pyrrole nitrogens is 1. The first-order valence-electron chi connectivity index (χ1n) is 7.99. The molecule has 23 heavy (non-hydrogen) atoms. The number of hydrogen-bond donors (Lipinski definition) is 2. The first kappa shape index (κ1) is 14.4. The molecule has 1 saturated carbocycles. The van der Waals surface area contributed by atoms with Gasteiger partial charge in [0.25, 0.3) is 5.91 Å². The van der Waals surface area contributed by atoms with Crippen LogP contribution in [0, 0.1) is 0 Å². The monoisotopic (exact) mass is 326 g/mol. The van der Waals surface area contributed by atoms with Crippen molar-refractivity contribution in [3.63, 3.8) is 0 Å².